The number of nitrogens with zero attached hydrogens (tertiary/aromatic N) is 3. The molecule has 0 saturated heterocycles. The van der Waals surface area contributed by atoms with Gasteiger partial charge in [-0.25, -0.2) is 9.97 Å². The van der Waals surface area contributed by atoms with Crippen LogP contribution < -0.4 is 31.6 Å². The summed E-state index contributed by atoms with van der Waals surface area (Å²) in [7, 11) is 3.51. The minimum atomic E-state index is -0.220. The third-order valence-corrected chi connectivity index (χ3v) is 5.74. The topological polar surface area (TPSA) is 122 Å². The lowest BCUT2D eigenvalue weighted by Gasteiger charge is -2.18. The summed E-state index contributed by atoms with van der Waals surface area (Å²) < 4.78 is 7.56. The van der Waals surface area contributed by atoms with Crippen LogP contribution in [0, 0.1) is 6.92 Å². The first-order valence-corrected chi connectivity index (χ1v) is 11.5. The van der Waals surface area contributed by atoms with Crippen LogP contribution in [-0.4, -0.2) is 32.6 Å². The molecule has 1 aliphatic carbocycles. The molecule has 10 nitrogen and oxygen atoms in total. The molecule has 0 bridgehead atoms. The number of amides is 1. The summed E-state index contributed by atoms with van der Waals surface area (Å²) >= 11 is 5.47. The maximum absolute atomic E-state index is 12.6. The number of ether oxygens (including phenoxy) is 1. The molecule has 0 aliphatic heterocycles. The van der Waals surface area contributed by atoms with Gasteiger partial charge in [0.05, 0.1) is 11.9 Å². The second kappa shape index (κ2) is 10.1. The molecule has 1 aliphatic rings. The van der Waals surface area contributed by atoms with Gasteiger partial charge in [-0.15, -0.1) is 0 Å². The maximum atomic E-state index is 12.6. The van der Waals surface area contributed by atoms with Gasteiger partial charge in [0, 0.05) is 45.0 Å². The van der Waals surface area contributed by atoms with Crippen molar-refractivity contribution in [2.75, 3.05) is 28.3 Å². The van der Waals surface area contributed by atoms with Crippen molar-refractivity contribution < 1.29 is 9.53 Å². The van der Waals surface area contributed by atoms with E-state index in [-0.39, 0.29) is 16.6 Å². The summed E-state index contributed by atoms with van der Waals surface area (Å²) in [5.41, 5.74) is 2.86. The standard InChI is InChI=1S/C24H27N7O3S/c1-13-19(34-17-7-8-26-20(10-17)28-14(2)32)11-27-22(21(13)25-3)30-24(35)29-18-9-16(15-5-6-15)12-31(4)23(18)33/h7-12,15,25H,5-6H2,1-4H3,(H,26,28,32)(H2,27,29,30,35). The number of aryl methyl sites for hydroxylation is 1. The summed E-state index contributed by atoms with van der Waals surface area (Å²) in [5.74, 6) is 2.18. The number of hydrogen-bond donors (Lipinski definition) is 4. The number of rotatable bonds is 7. The SMILES string of the molecule is CNc1c(NC(=S)Nc2cc(C3CC3)cn(C)c2=O)ncc(Oc2ccnc(NC(C)=O)c2)c1C. The molecular weight excluding hydrogens is 466 g/mol. The molecule has 4 N–H and O–H groups in total. The fraction of sp³-hybridized carbons (Fsp3) is 0.292. The summed E-state index contributed by atoms with van der Waals surface area (Å²) in [6.45, 7) is 3.30. The molecule has 3 aromatic heterocycles. The highest BCUT2D eigenvalue weighted by molar-refractivity contribution is 7.80. The predicted octanol–water partition coefficient (Wildman–Crippen LogP) is 3.96. The Bertz CT molecular complexity index is 1350. The Morgan fingerprint density at radius 1 is 1.20 bits per heavy atom. The van der Waals surface area contributed by atoms with Crippen molar-refractivity contribution in [3.63, 3.8) is 0 Å². The van der Waals surface area contributed by atoms with Gasteiger partial charge in [0.25, 0.3) is 5.56 Å². The minimum absolute atomic E-state index is 0.156. The zero-order chi connectivity index (χ0) is 25.1. The highest BCUT2D eigenvalue weighted by Gasteiger charge is 2.25. The second-order valence-corrected chi connectivity index (χ2v) is 8.75. The van der Waals surface area contributed by atoms with Crippen LogP contribution in [0.15, 0.2) is 41.6 Å². The smallest absolute Gasteiger partial charge is 0.274 e. The lowest BCUT2D eigenvalue weighted by molar-refractivity contribution is -0.114. The highest BCUT2D eigenvalue weighted by Crippen LogP contribution is 2.40. The molecule has 4 rings (SSSR count). The molecule has 182 valence electrons. The van der Waals surface area contributed by atoms with Gasteiger partial charge in [-0.1, -0.05) is 0 Å². The van der Waals surface area contributed by atoms with Crippen molar-refractivity contribution >= 4 is 46.2 Å². The molecule has 3 aromatic rings. The summed E-state index contributed by atoms with van der Waals surface area (Å²) in [6, 6.07) is 5.18. The average molecular weight is 494 g/mol. The van der Waals surface area contributed by atoms with E-state index in [0.29, 0.717) is 40.4 Å². The third-order valence-electron chi connectivity index (χ3n) is 5.54. The van der Waals surface area contributed by atoms with Gasteiger partial charge in [-0.3, -0.25) is 9.59 Å². The number of carbonyl (C=O) groups is 1. The Morgan fingerprint density at radius 3 is 2.66 bits per heavy atom. The van der Waals surface area contributed by atoms with E-state index in [9.17, 15) is 9.59 Å². The second-order valence-electron chi connectivity index (χ2n) is 8.34. The number of thiocarbonyl (C=S) groups is 1. The number of hydrogen-bond acceptors (Lipinski definition) is 7. The summed E-state index contributed by atoms with van der Waals surface area (Å²) in [5, 5.41) is 12.1. The molecule has 3 heterocycles. The molecule has 0 atom stereocenters. The van der Waals surface area contributed by atoms with Gasteiger partial charge in [-0.2, -0.15) is 0 Å². The van der Waals surface area contributed by atoms with Gasteiger partial charge >= 0.3 is 0 Å². The Labute approximate surface area is 208 Å². The van der Waals surface area contributed by atoms with Gasteiger partial charge < -0.3 is 30.6 Å². The van der Waals surface area contributed by atoms with E-state index in [1.165, 1.54) is 6.92 Å². The summed E-state index contributed by atoms with van der Waals surface area (Å²) in [4.78, 5) is 32.4. The van der Waals surface area contributed by atoms with Crippen LogP contribution in [0.4, 0.5) is 23.0 Å². The monoisotopic (exact) mass is 493 g/mol. The zero-order valence-electron chi connectivity index (χ0n) is 19.9. The molecule has 0 aromatic carbocycles. The van der Waals surface area contributed by atoms with Crippen LogP contribution in [0.1, 0.15) is 36.8 Å². The molecule has 0 spiro atoms. The van der Waals surface area contributed by atoms with Gasteiger partial charge in [-0.05, 0) is 55.6 Å². The first kappa shape index (κ1) is 24.1. The molecule has 1 fully saturated rings. The number of pyridine rings is 3. The average Bonchev–Trinajstić information content (AvgIpc) is 3.64. The van der Waals surface area contributed by atoms with Crippen LogP contribution in [0.5, 0.6) is 11.5 Å². The summed E-state index contributed by atoms with van der Waals surface area (Å²) in [6.07, 6.45) is 7.28. The minimum Gasteiger partial charge on any atom is -0.455 e. The number of aromatic nitrogens is 3. The Balaban J connectivity index is 1.51. The molecule has 0 radical (unpaired) electrons. The van der Waals surface area contributed by atoms with Crippen molar-refractivity contribution in [1.29, 1.82) is 0 Å². The van der Waals surface area contributed by atoms with Gasteiger partial charge in [0.1, 0.15) is 17.3 Å². The van der Waals surface area contributed by atoms with Crippen molar-refractivity contribution in [3.05, 3.63) is 58.3 Å². The number of anilines is 4. The van der Waals surface area contributed by atoms with Crippen LogP contribution in [-0.2, 0) is 11.8 Å². The van der Waals surface area contributed by atoms with Crippen LogP contribution >= 0.6 is 12.2 Å². The molecule has 0 unspecified atom stereocenters. The lowest BCUT2D eigenvalue weighted by atomic mass is 10.2. The van der Waals surface area contributed by atoms with Crippen molar-refractivity contribution in [1.82, 2.24) is 14.5 Å². The third kappa shape index (κ3) is 5.75. The molecule has 1 amide bonds. The number of carbonyl (C=O) groups excluding carboxylic acids is 1. The molecule has 11 heteroatoms. The number of nitrogens with one attached hydrogen (secondary N) is 4. The predicted molar refractivity (Wildman–Crippen MR) is 141 cm³/mol. The van der Waals surface area contributed by atoms with Crippen LogP contribution in [0.3, 0.4) is 0 Å². The molecular formula is C24H27N7O3S. The fourth-order valence-electron chi connectivity index (χ4n) is 3.67. The van der Waals surface area contributed by atoms with E-state index in [1.54, 1.807) is 43.2 Å². The first-order valence-electron chi connectivity index (χ1n) is 11.1. The van der Waals surface area contributed by atoms with Gasteiger partial charge in [0.2, 0.25) is 5.91 Å². The van der Waals surface area contributed by atoms with E-state index in [0.717, 1.165) is 24.0 Å². The van der Waals surface area contributed by atoms with Crippen molar-refractivity contribution in [3.8, 4) is 11.5 Å². The van der Waals surface area contributed by atoms with Crippen molar-refractivity contribution in [2.24, 2.45) is 7.05 Å². The maximum Gasteiger partial charge on any atom is 0.274 e. The normalized spacial score (nSPS) is 12.6. The quantitative estimate of drug-likeness (QED) is 0.362. The van der Waals surface area contributed by atoms with E-state index in [2.05, 4.69) is 31.2 Å². The largest absolute Gasteiger partial charge is 0.455 e. The Morgan fingerprint density at radius 2 is 1.97 bits per heavy atom. The highest BCUT2D eigenvalue weighted by atomic mass is 32.1. The van der Waals surface area contributed by atoms with E-state index in [1.807, 2.05) is 19.2 Å². The lowest BCUT2D eigenvalue weighted by Crippen LogP contribution is -2.27. The fourth-order valence-corrected chi connectivity index (χ4v) is 3.87. The Hall–Kier alpha value is -3.99. The Kier molecular flexibility index (Phi) is 6.97. The molecule has 35 heavy (non-hydrogen) atoms. The first-order chi connectivity index (χ1) is 16.7. The van der Waals surface area contributed by atoms with E-state index >= 15 is 0 Å². The van der Waals surface area contributed by atoms with Crippen LogP contribution in [0.2, 0.25) is 0 Å². The zero-order valence-corrected chi connectivity index (χ0v) is 20.7. The van der Waals surface area contributed by atoms with E-state index in [4.69, 9.17) is 17.0 Å². The van der Waals surface area contributed by atoms with Crippen LogP contribution in [0.25, 0.3) is 0 Å². The van der Waals surface area contributed by atoms with E-state index < -0.39 is 0 Å². The van der Waals surface area contributed by atoms with Gasteiger partial charge in [0.15, 0.2) is 16.7 Å². The molecule has 1 saturated carbocycles. The van der Waals surface area contributed by atoms with Crippen molar-refractivity contribution in [2.45, 2.75) is 32.6 Å².